The van der Waals surface area contributed by atoms with Gasteiger partial charge in [0.1, 0.15) is 19.3 Å². The van der Waals surface area contributed by atoms with E-state index in [1.54, 1.807) is 6.92 Å². The zero-order valence-corrected chi connectivity index (χ0v) is 25.1. The monoisotopic (exact) mass is 528 g/mol. The molecule has 0 aromatic rings. The van der Waals surface area contributed by atoms with Gasteiger partial charge >= 0.3 is 0 Å². The lowest BCUT2D eigenvalue weighted by molar-refractivity contribution is -0.870. The summed E-state index contributed by atoms with van der Waals surface area (Å²) in [6.45, 7) is 6.08. The van der Waals surface area contributed by atoms with Gasteiger partial charge in [0.25, 0.3) is 0 Å². The third-order valence-corrected chi connectivity index (χ3v) is 7.28. The Kier molecular flexibility index (Phi) is 21.8. The predicted molar refractivity (Wildman–Crippen MR) is 153 cm³/mol. The Hall–Kier alpha value is -0.530. The van der Waals surface area contributed by atoms with Crippen LogP contribution in [0.1, 0.15) is 110 Å². The number of hydrogen-bond donors (Lipinski definition) is 0. The van der Waals surface area contributed by atoms with Gasteiger partial charge in [0.2, 0.25) is 0 Å². The number of rotatable bonds is 26. The molecule has 0 aromatic carbocycles. The summed E-state index contributed by atoms with van der Waals surface area (Å²) in [7, 11) is 6.45. The van der Waals surface area contributed by atoms with Crippen LogP contribution in [-0.4, -0.2) is 90.3 Å². The summed E-state index contributed by atoms with van der Waals surface area (Å²) in [5, 5.41) is 0. The molecule has 6 heteroatoms. The van der Waals surface area contributed by atoms with Crippen LogP contribution >= 0.6 is 0 Å². The van der Waals surface area contributed by atoms with E-state index in [-0.39, 0.29) is 18.5 Å². The smallest absolute Gasteiger partial charge is 0.155 e. The fourth-order valence-electron chi connectivity index (χ4n) is 4.89. The Morgan fingerprint density at radius 2 is 1.24 bits per heavy atom. The van der Waals surface area contributed by atoms with Gasteiger partial charge in [-0.25, -0.2) is 0 Å². The van der Waals surface area contributed by atoms with E-state index in [2.05, 4.69) is 21.1 Å². The maximum atomic E-state index is 11.3. The molecule has 0 spiro atoms. The third kappa shape index (κ3) is 24.3. The number of ether oxygens (including phenoxy) is 4. The third-order valence-electron chi connectivity index (χ3n) is 7.28. The van der Waals surface area contributed by atoms with Crippen molar-refractivity contribution < 1.29 is 28.2 Å². The van der Waals surface area contributed by atoms with E-state index in [1.807, 2.05) is 0 Å². The highest BCUT2D eigenvalue weighted by Gasteiger charge is 2.13. The summed E-state index contributed by atoms with van der Waals surface area (Å²) >= 11 is 0. The maximum absolute atomic E-state index is 11.3. The van der Waals surface area contributed by atoms with Gasteiger partial charge in [-0.05, 0) is 19.3 Å². The quantitative estimate of drug-likeness (QED) is 0.0936. The topological polar surface area (TPSA) is 54.0 Å². The Bertz CT molecular complexity index is 516. The minimum atomic E-state index is -0.210. The van der Waals surface area contributed by atoms with Crippen molar-refractivity contribution in [2.75, 3.05) is 73.9 Å². The zero-order chi connectivity index (χ0) is 27.0. The Labute approximate surface area is 229 Å². The molecule has 1 saturated carbocycles. The van der Waals surface area contributed by atoms with Crippen LogP contribution in [0, 0.1) is 5.92 Å². The average molecular weight is 529 g/mol. The molecule has 0 radical (unpaired) electrons. The number of ketones is 1. The molecule has 0 aliphatic heterocycles. The molecule has 0 saturated heterocycles. The lowest BCUT2D eigenvalue weighted by Gasteiger charge is -2.23. The number of likely N-dealkylation sites (N-methyl/N-ethyl adjacent to an activating group) is 1. The molecular weight excluding hydrogens is 466 g/mol. The molecule has 0 amide bonds. The molecule has 1 aliphatic carbocycles. The molecule has 6 nitrogen and oxygen atoms in total. The second kappa shape index (κ2) is 23.4. The first kappa shape index (κ1) is 34.5. The van der Waals surface area contributed by atoms with Crippen LogP contribution in [0.4, 0.5) is 0 Å². The number of Topliss-reactive ketones (excluding diaryl/α,β-unsaturated/α-hetero) is 1. The Morgan fingerprint density at radius 3 is 1.84 bits per heavy atom. The molecule has 1 fully saturated rings. The highest BCUT2D eigenvalue weighted by atomic mass is 16.6. The Morgan fingerprint density at radius 1 is 0.703 bits per heavy atom. The van der Waals surface area contributed by atoms with Crippen LogP contribution in [0.3, 0.4) is 0 Å². The number of nitrogens with zero attached hydrogens (tertiary/aromatic N) is 1. The molecule has 0 bridgehead atoms. The number of carbonyl (C=O) groups is 1. The molecule has 1 aliphatic rings. The summed E-state index contributed by atoms with van der Waals surface area (Å²) in [5.41, 5.74) is 0. The maximum Gasteiger partial charge on any atom is 0.155 e. The van der Waals surface area contributed by atoms with Crippen LogP contribution in [0.5, 0.6) is 0 Å². The molecule has 1 rings (SSSR count). The van der Waals surface area contributed by atoms with E-state index >= 15 is 0 Å². The summed E-state index contributed by atoms with van der Waals surface area (Å²) < 4.78 is 23.7. The summed E-state index contributed by atoms with van der Waals surface area (Å²) in [5.74, 6) is 1.08. The van der Waals surface area contributed by atoms with Gasteiger partial charge < -0.3 is 23.4 Å². The van der Waals surface area contributed by atoms with Crippen molar-refractivity contribution >= 4 is 5.78 Å². The van der Waals surface area contributed by atoms with Crippen LogP contribution in [0.25, 0.3) is 0 Å². The van der Waals surface area contributed by atoms with Gasteiger partial charge in [0, 0.05) is 6.61 Å². The number of hydrogen-bond acceptors (Lipinski definition) is 5. The number of unbranched alkanes of at least 4 members (excludes halogenated alkanes) is 9. The van der Waals surface area contributed by atoms with Gasteiger partial charge in [0.15, 0.2) is 5.78 Å². The molecule has 0 N–H and O–H groups in total. The van der Waals surface area contributed by atoms with Crippen molar-refractivity contribution in [2.24, 2.45) is 5.92 Å². The average Bonchev–Trinajstić information content (AvgIpc) is 2.86. The van der Waals surface area contributed by atoms with Crippen molar-refractivity contribution in [1.82, 2.24) is 0 Å². The van der Waals surface area contributed by atoms with Crippen molar-refractivity contribution in [3.05, 3.63) is 0 Å². The normalized spacial score (nSPS) is 15.8. The van der Waals surface area contributed by atoms with E-state index in [9.17, 15) is 4.79 Å². The predicted octanol–water partition coefficient (Wildman–Crippen LogP) is 6.59. The molecule has 37 heavy (non-hydrogen) atoms. The van der Waals surface area contributed by atoms with Crippen LogP contribution in [0.15, 0.2) is 0 Å². The molecule has 0 aromatic heterocycles. The van der Waals surface area contributed by atoms with Crippen molar-refractivity contribution in [2.45, 2.75) is 116 Å². The highest BCUT2D eigenvalue weighted by molar-refractivity contribution is 5.76. The second-order valence-electron chi connectivity index (χ2n) is 12.2. The van der Waals surface area contributed by atoms with Crippen LogP contribution in [0.2, 0.25) is 0 Å². The van der Waals surface area contributed by atoms with E-state index in [1.165, 1.54) is 96.3 Å². The van der Waals surface area contributed by atoms with Crippen molar-refractivity contribution in [1.29, 1.82) is 0 Å². The summed E-state index contributed by atoms with van der Waals surface area (Å²) in [4.78, 5) is 11.3. The Balaban J connectivity index is 1.91. The number of carbonyl (C=O) groups excluding carboxylic acids is 1. The van der Waals surface area contributed by atoms with Gasteiger partial charge in [-0.15, -0.1) is 0 Å². The van der Waals surface area contributed by atoms with Gasteiger partial charge in [-0.3, -0.25) is 4.79 Å². The lowest BCUT2D eigenvalue weighted by Crippen LogP contribution is -2.37. The SMILES string of the molecule is CC(=O)COC(COCCCCCCCCCCCCC1CCCCC1)COCCOCC[N+](C)(C)C. The zero-order valence-electron chi connectivity index (χ0n) is 25.1. The van der Waals surface area contributed by atoms with E-state index in [0.29, 0.717) is 26.4 Å². The summed E-state index contributed by atoms with van der Waals surface area (Å²) in [6, 6.07) is 0. The first-order valence-corrected chi connectivity index (χ1v) is 15.5. The molecule has 1 atom stereocenters. The first-order chi connectivity index (χ1) is 17.9. The van der Waals surface area contributed by atoms with E-state index < -0.39 is 0 Å². The van der Waals surface area contributed by atoms with Crippen molar-refractivity contribution in [3.8, 4) is 0 Å². The van der Waals surface area contributed by atoms with Gasteiger partial charge in [0.05, 0.1) is 54.2 Å². The molecule has 0 heterocycles. The second-order valence-corrected chi connectivity index (χ2v) is 12.2. The summed E-state index contributed by atoms with van der Waals surface area (Å²) in [6.07, 6.45) is 22.2. The highest BCUT2D eigenvalue weighted by Crippen LogP contribution is 2.28. The standard InChI is InChI=1S/C31H62NO5/c1-29(33)26-37-31(28-36-25-24-34-23-21-32(2,3)4)27-35-22-17-12-10-8-6-5-7-9-11-14-18-30-19-15-13-16-20-30/h30-31H,5-28H2,1-4H3/q+1. The number of quaternary nitrogens is 1. The van der Waals surface area contributed by atoms with Gasteiger partial charge in [-0.1, -0.05) is 96.3 Å². The van der Waals surface area contributed by atoms with Crippen LogP contribution in [-0.2, 0) is 23.7 Å². The first-order valence-electron chi connectivity index (χ1n) is 15.5. The van der Waals surface area contributed by atoms with Gasteiger partial charge in [-0.2, -0.15) is 0 Å². The van der Waals surface area contributed by atoms with Crippen molar-refractivity contribution in [3.63, 3.8) is 0 Å². The fraction of sp³-hybridized carbons (Fsp3) is 0.968. The lowest BCUT2D eigenvalue weighted by atomic mass is 9.85. The minimum absolute atomic E-state index is 0.0214. The van der Waals surface area contributed by atoms with Crippen LogP contribution < -0.4 is 0 Å². The molecule has 220 valence electrons. The largest absolute Gasteiger partial charge is 0.379 e. The minimum Gasteiger partial charge on any atom is -0.379 e. The van der Waals surface area contributed by atoms with E-state index in [0.717, 1.165) is 36.6 Å². The molecular formula is C31H62NO5+. The van der Waals surface area contributed by atoms with E-state index in [4.69, 9.17) is 18.9 Å². The molecule has 1 unspecified atom stereocenters. The fourth-order valence-corrected chi connectivity index (χ4v) is 4.89.